The molecule has 4 heteroatoms. The van der Waals surface area contributed by atoms with E-state index in [0.717, 1.165) is 39.1 Å². The van der Waals surface area contributed by atoms with E-state index in [9.17, 15) is 4.79 Å². The summed E-state index contributed by atoms with van der Waals surface area (Å²) in [4.78, 5) is 16.3. The Morgan fingerprint density at radius 3 is 2.50 bits per heavy atom. The maximum absolute atomic E-state index is 12.0. The summed E-state index contributed by atoms with van der Waals surface area (Å²) < 4.78 is 5.42. The molecule has 1 fully saturated rings. The van der Waals surface area contributed by atoms with Gasteiger partial charge in [0.1, 0.15) is 5.60 Å². The number of likely N-dealkylation sites (tertiary alicyclic amines) is 1. The first-order valence-corrected chi connectivity index (χ1v) is 8.84. The maximum Gasteiger partial charge on any atom is 0.410 e. The van der Waals surface area contributed by atoms with Gasteiger partial charge in [-0.3, -0.25) is 4.90 Å². The van der Waals surface area contributed by atoms with Gasteiger partial charge in [-0.2, -0.15) is 0 Å². The molecule has 0 spiro atoms. The molecule has 0 saturated carbocycles. The van der Waals surface area contributed by atoms with E-state index in [1.54, 1.807) is 0 Å². The van der Waals surface area contributed by atoms with Gasteiger partial charge in [-0.1, -0.05) is 42.0 Å². The summed E-state index contributed by atoms with van der Waals surface area (Å²) in [6.07, 6.45) is 3.30. The third kappa shape index (κ3) is 4.38. The highest BCUT2D eigenvalue weighted by Crippen LogP contribution is 2.29. The van der Waals surface area contributed by atoms with Gasteiger partial charge in [-0.25, -0.2) is 4.79 Å². The number of benzene rings is 1. The van der Waals surface area contributed by atoms with Crippen LogP contribution >= 0.6 is 0 Å². The van der Waals surface area contributed by atoms with E-state index in [1.165, 1.54) is 11.1 Å². The highest BCUT2D eigenvalue weighted by atomic mass is 16.6. The van der Waals surface area contributed by atoms with Crippen LogP contribution in [0.1, 0.15) is 32.8 Å². The van der Waals surface area contributed by atoms with Gasteiger partial charge < -0.3 is 9.64 Å². The maximum atomic E-state index is 12.0. The largest absolute Gasteiger partial charge is 0.444 e. The van der Waals surface area contributed by atoms with Crippen molar-refractivity contribution < 1.29 is 9.53 Å². The van der Waals surface area contributed by atoms with Gasteiger partial charge in [-0.05, 0) is 32.8 Å². The smallest absolute Gasteiger partial charge is 0.410 e. The molecule has 1 aromatic rings. The molecule has 1 saturated heterocycles. The first kappa shape index (κ1) is 17.0. The SMILES string of the molecule is CC(C)(C)OC(=O)N1CC(C2=CCN(Cc3ccccc3)CC2)C1. The van der Waals surface area contributed by atoms with Gasteiger partial charge in [0.15, 0.2) is 0 Å². The van der Waals surface area contributed by atoms with Crippen LogP contribution in [0.15, 0.2) is 42.0 Å². The number of carbonyl (C=O) groups is 1. The molecule has 0 unspecified atom stereocenters. The third-order valence-corrected chi connectivity index (χ3v) is 4.64. The molecule has 2 heterocycles. The summed E-state index contributed by atoms with van der Waals surface area (Å²) in [6, 6.07) is 10.6. The number of ether oxygens (including phenoxy) is 1. The molecule has 0 aliphatic carbocycles. The van der Waals surface area contributed by atoms with E-state index in [0.29, 0.717) is 5.92 Å². The minimum atomic E-state index is -0.412. The lowest BCUT2D eigenvalue weighted by Gasteiger charge is -2.42. The number of amides is 1. The van der Waals surface area contributed by atoms with Crippen LogP contribution < -0.4 is 0 Å². The molecule has 1 amide bonds. The van der Waals surface area contributed by atoms with Crippen molar-refractivity contribution in [1.82, 2.24) is 9.80 Å². The molecule has 1 aromatic carbocycles. The van der Waals surface area contributed by atoms with Gasteiger partial charge in [0, 0.05) is 38.6 Å². The van der Waals surface area contributed by atoms with Crippen molar-refractivity contribution in [1.29, 1.82) is 0 Å². The molecule has 3 rings (SSSR count). The molecule has 24 heavy (non-hydrogen) atoms. The summed E-state index contributed by atoms with van der Waals surface area (Å²) in [5.74, 6) is 0.524. The van der Waals surface area contributed by atoms with Crippen molar-refractivity contribution in [3.63, 3.8) is 0 Å². The number of hydrogen-bond donors (Lipinski definition) is 0. The highest BCUT2D eigenvalue weighted by Gasteiger charge is 2.36. The first-order valence-electron chi connectivity index (χ1n) is 8.84. The van der Waals surface area contributed by atoms with Gasteiger partial charge >= 0.3 is 6.09 Å². The van der Waals surface area contributed by atoms with Crippen LogP contribution in [0.5, 0.6) is 0 Å². The topological polar surface area (TPSA) is 32.8 Å². The fraction of sp³-hybridized carbons (Fsp3) is 0.550. The minimum Gasteiger partial charge on any atom is -0.444 e. The summed E-state index contributed by atoms with van der Waals surface area (Å²) in [5.41, 5.74) is 2.47. The van der Waals surface area contributed by atoms with Crippen LogP contribution in [-0.4, -0.2) is 47.7 Å². The second kappa shape index (κ2) is 6.98. The summed E-state index contributed by atoms with van der Waals surface area (Å²) >= 11 is 0. The standard InChI is InChI=1S/C20H28N2O2/c1-20(2,3)24-19(23)22-14-18(15-22)17-9-11-21(12-10-17)13-16-7-5-4-6-8-16/h4-9,18H,10-15H2,1-3H3. The van der Waals surface area contributed by atoms with Crippen molar-refractivity contribution in [2.75, 3.05) is 26.2 Å². The van der Waals surface area contributed by atoms with E-state index in [4.69, 9.17) is 4.74 Å². The summed E-state index contributed by atoms with van der Waals surface area (Å²) in [7, 11) is 0. The van der Waals surface area contributed by atoms with Crippen LogP contribution in [-0.2, 0) is 11.3 Å². The second-order valence-corrected chi connectivity index (χ2v) is 7.83. The Morgan fingerprint density at radius 2 is 1.92 bits per heavy atom. The fourth-order valence-corrected chi connectivity index (χ4v) is 3.27. The number of nitrogens with zero attached hydrogens (tertiary/aromatic N) is 2. The molecular weight excluding hydrogens is 300 g/mol. The normalized spacial score (nSPS) is 19.6. The van der Waals surface area contributed by atoms with Crippen molar-refractivity contribution in [3.8, 4) is 0 Å². The van der Waals surface area contributed by atoms with Crippen molar-refractivity contribution in [3.05, 3.63) is 47.5 Å². The Kier molecular flexibility index (Phi) is 4.95. The third-order valence-electron chi connectivity index (χ3n) is 4.64. The molecule has 0 radical (unpaired) electrons. The van der Waals surface area contributed by atoms with Gasteiger partial charge in [0.05, 0.1) is 0 Å². The lowest BCUT2D eigenvalue weighted by atomic mass is 9.87. The fourth-order valence-electron chi connectivity index (χ4n) is 3.27. The number of rotatable bonds is 3. The predicted molar refractivity (Wildman–Crippen MR) is 95.7 cm³/mol. The van der Waals surface area contributed by atoms with Crippen molar-refractivity contribution in [2.24, 2.45) is 5.92 Å². The van der Waals surface area contributed by atoms with Gasteiger partial charge in [0.25, 0.3) is 0 Å². The molecule has 2 aliphatic heterocycles. The first-order chi connectivity index (χ1) is 11.4. The van der Waals surface area contributed by atoms with Crippen molar-refractivity contribution >= 4 is 6.09 Å². The van der Waals surface area contributed by atoms with Crippen LogP contribution in [0.3, 0.4) is 0 Å². The van der Waals surface area contributed by atoms with Crippen LogP contribution in [0.2, 0.25) is 0 Å². The highest BCUT2D eigenvalue weighted by molar-refractivity contribution is 5.69. The molecular formula is C20H28N2O2. The molecule has 0 N–H and O–H groups in total. The summed E-state index contributed by atoms with van der Waals surface area (Å²) in [5, 5.41) is 0. The van der Waals surface area contributed by atoms with Gasteiger partial charge in [-0.15, -0.1) is 0 Å². The number of carbonyl (C=O) groups excluding carboxylic acids is 1. The second-order valence-electron chi connectivity index (χ2n) is 7.83. The zero-order chi connectivity index (χ0) is 17.2. The Balaban J connectivity index is 1.45. The molecule has 0 atom stereocenters. The average Bonchev–Trinajstić information content (AvgIpc) is 2.47. The van der Waals surface area contributed by atoms with Crippen molar-refractivity contribution in [2.45, 2.75) is 39.3 Å². The Bertz CT molecular complexity index is 598. The minimum absolute atomic E-state index is 0.180. The van der Waals surface area contributed by atoms with E-state index in [2.05, 4.69) is 41.3 Å². The summed E-state index contributed by atoms with van der Waals surface area (Å²) in [6.45, 7) is 10.5. The Hall–Kier alpha value is -1.81. The zero-order valence-electron chi connectivity index (χ0n) is 15.0. The molecule has 4 nitrogen and oxygen atoms in total. The molecule has 0 aromatic heterocycles. The van der Waals surface area contributed by atoms with E-state index >= 15 is 0 Å². The quantitative estimate of drug-likeness (QED) is 0.794. The molecule has 130 valence electrons. The Morgan fingerprint density at radius 1 is 1.21 bits per heavy atom. The van der Waals surface area contributed by atoms with Crippen LogP contribution in [0, 0.1) is 5.92 Å². The van der Waals surface area contributed by atoms with E-state index in [1.807, 2.05) is 25.7 Å². The lowest BCUT2D eigenvalue weighted by molar-refractivity contribution is 0.00295. The predicted octanol–water partition coefficient (Wildman–Crippen LogP) is 3.69. The lowest BCUT2D eigenvalue weighted by Crippen LogP contribution is -2.52. The molecule has 0 bridgehead atoms. The van der Waals surface area contributed by atoms with Gasteiger partial charge in [0.2, 0.25) is 0 Å². The Labute approximate surface area is 145 Å². The average molecular weight is 328 g/mol. The monoisotopic (exact) mass is 328 g/mol. The number of hydrogen-bond acceptors (Lipinski definition) is 3. The molecule has 2 aliphatic rings. The van der Waals surface area contributed by atoms with Crippen LogP contribution in [0.4, 0.5) is 4.79 Å². The van der Waals surface area contributed by atoms with E-state index < -0.39 is 5.60 Å². The van der Waals surface area contributed by atoms with E-state index in [-0.39, 0.29) is 6.09 Å². The zero-order valence-corrected chi connectivity index (χ0v) is 15.0. The van der Waals surface area contributed by atoms with Crippen LogP contribution in [0.25, 0.3) is 0 Å².